The third kappa shape index (κ3) is 6.15. The largest absolute Gasteiger partial charge is 0.401 e. The van der Waals surface area contributed by atoms with Gasteiger partial charge in [0.15, 0.2) is 0 Å². The van der Waals surface area contributed by atoms with Gasteiger partial charge in [0.1, 0.15) is 0 Å². The van der Waals surface area contributed by atoms with Gasteiger partial charge in [0.25, 0.3) is 0 Å². The van der Waals surface area contributed by atoms with Crippen molar-refractivity contribution < 1.29 is 13.2 Å². The van der Waals surface area contributed by atoms with Gasteiger partial charge in [0, 0.05) is 18.6 Å². The molecule has 0 aromatic rings. The van der Waals surface area contributed by atoms with Crippen LogP contribution in [0.1, 0.15) is 58.3 Å². The molecule has 0 aromatic carbocycles. The van der Waals surface area contributed by atoms with Crippen LogP contribution in [0.3, 0.4) is 0 Å². The Morgan fingerprint density at radius 3 is 2.29 bits per heavy atom. The second-order valence-electron chi connectivity index (χ2n) is 6.73. The molecule has 2 saturated carbocycles. The first-order valence-corrected chi connectivity index (χ1v) is 8.54. The van der Waals surface area contributed by atoms with Gasteiger partial charge in [-0.05, 0) is 44.6 Å². The maximum absolute atomic E-state index is 12.8. The molecular weight excluding hydrogens is 277 g/mol. The minimum Gasteiger partial charge on any atom is -0.312 e. The molecule has 2 aliphatic carbocycles. The van der Waals surface area contributed by atoms with Crippen molar-refractivity contribution in [1.82, 2.24) is 10.2 Å². The van der Waals surface area contributed by atoms with Crippen LogP contribution >= 0.6 is 0 Å². The molecule has 1 unspecified atom stereocenters. The highest BCUT2D eigenvalue weighted by atomic mass is 19.4. The van der Waals surface area contributed by atoms with Crippen LogP contribution in [0.15, 0.2) is 0 Å². The first-order valence-electron chi connectivity index (χ1n) is 8.54. The minimum atomic E-state index is -4.08. The Hall–Kier alpha value is -0.290. The van der Waals surface area contributed by atoms with Crippen LogP contribution in [0.5, 0.6) is 0 Å². The van der Waals surface area contributed by atoms with Crippen molar-refractivity contribution >= 4 is 0 Å². The van der Waals surface area contributed by atoms with Crippen molar-refractivity contribution in [3.63, 3.8) is 0 Å². The molecule has 2 aliphatic rings. The molecule has 124 valence electrons. The standard InChI is InChI=1S/C16H29F3N2/c1-2-10-20-15(13-6-4-3-5-7-13)11-21(14-8-9-14)12-16(17,18)19/h13-15,20H,2-12H2,1H3. The number of rotatable bonds is 8. The molecule has 5 heteroatoms. The summed E-state index contributed by atoms with van der Waals surface area (Å²) >= 11 is 0. The molecule has 2 rings (SSSR count). The maximum Gasteiger partial charge on any atom is 0.401 e. The van der Waals surface area contributed by atoms with E-state index in [2.05, 4.69) is 12.2 Å². The molecule has 0 aliphatic heterocycles. The van der Waals surface area contributed by atoms with E-state index in [1.54, 1.807) is 4.90 Å². The number of hydrogen-bond donors (Lipinski definition) is 1. The van der Waals surface area contributed by atoms with E-state index in [9.17, 15) is 13.2 Å². The van der Waals surface area contributed by atoms with Crippen LogP contribution in [0.25, 0.3) is 0 Å². The average molecular weight is 306 g/mol. The van der Waals surface area contributed by atoms with E-state index in [1.165, 1.54) is 32.1 Å². The van der Waals surface area contributed by atoms with Gasteiger partial charge in [-0.3, -0.25) is 4.90 Å². The number of nitrogens with zero attached hydrogens (tertiary/aromatic N) is 1. The normalized spacial score (nSPS) is 22.7. The van der Waals surface area contributed by atoms with Crippen LogP contribution in [0.4, 0.5) is 13.2 Å². The van der Waals surface area contributed by atoms with E-state index in [0.717, 1.165) is 25.8 Å². The van der Waals surface area contributed by atoms with Gasteiger partial charge in [0.05, 0.1) is 6.54 Å². The lowest BCUT2D eigenvalue weighted by atomic mass is 9.83. The summed E-state index contributed by atoms with van der Waals surface area (Å²) in [7, 11) is 0. The van der Waals surface area contributed by atoms with E-state index in [0.29, 0.717) is 12.5 Å². The van der Waals surface area contributed by atoms with Crippen LogP contribution in [-0.2, 0) is 0 Å². The summed E-state index contributed by atoms with van der Waals surface area (Å²) in [5, 5.41) is 3.53. The second-order valence-corrected chi connectivity index (χ2v) is 6.73. The molecule has 1 atom stereocenters. The highest BCUT2D eigenvalue weighted by Gasteiger charge is 2.39. The predicted octanol–water partition coefficient (Wildman–Crippen LogP) is 3.96. The summed E-state index contributed by atoms with van der Waals surface area (Å²) in [4.78, 5) is 1.68. The molecule has 0 radical (unpaired) electrons. The van der Waals surface area contributed by atoms with Crippen LogP contribution < -0.4 is 5.32 Å². The van der Waals surface area contributed by atoms with Gasteiger partial charge in [-0.1, -0.05) is 26.2 Å². The summed E-state index contributed by atoms with van der Waals surface area (Å²) in [5.74, 6) is 0.555. The van der Waals surface area contributed by atoms with Gasteiger partial charge >= 0.3 is 6.18 Å². The lowest BCUT2D eigenvalue weighted by Gasteiger charge is -2.35. The van der Waals surface area contributed by atoms with Gasteiger partial charge in [-0.25, -0.2) is 0 Å². The Bertz CT molecular complexity index is 296. The molecule has 0 aromatic heterocycles. The summed E-state index contributed by atoms with van der Waals surface area (Å²) in [6, 6.07) is 0.398. The average Bonchev–Trinajstić information content (AvgIpc) is 3.26. The van der Waals surface area contributed by atoms with E-state index in [-0.39, 0.29) is 12.1 Å². The Kier molecular flexibility index (Phi) is 6.35. The zero-order valence-corrected chi connectivity index (χ0v) is 13.1. The van der Waals surface area contributed by atoms with Crippen molar-refractivity contribution in [1.29, 1.82) is 0 Å². The molecule has 0 amide bonds. The molecule has 21 heavy (non-hydrogen) atoms. The molecule has 0 heterocycles. The molecular formula is C16H29F3N2. The zero-order chi connectivity index (χ0) is 15.3. The third-order valence-corrected chi connectivity index (χ3v) is 4.75. The molecule has 0 spiro atoms. The summed E-state index contributed by atoms with van der Waals surface area (Å²) in [6.45, 7) is 2.84. The highest BCUT2D eigenvalue weighted by molar-refractivity contribution is 4.90. The lowest BCUT2D eigenvalue weighted by Crippen LogP contribution is -2.49. The van der Waals surface area contributed by atoms with E-state index in [1.807, 2.05) is 0 Å². The monoisotopic (exact) mass is 306 g/mol. The first-order chi connectivity index (χ1) is 9.99. The molecule has 0 saturated heterocycles. The zero-order valence-electron chi connectivity index (χ0n) is 13.1. The fourth-order valence-corrected chi connectivity index (χ4v) is 3.51. The Labute approximate surface area is 126 Å². The van der Waals surface area contributed by atoms with Crippen molar-refractivity contribution in [3.8, 4) is 0 Å². The fraction of sp³-hybridized carbons (Fsp3) is 1.00. The molecule has 2 nitrogen and oxygen atoms in total. The third-order valence-electron chi connectivity index (χ3n) is 4.75. The second kappa shape index (κ2) is 7.82. The number of hydrogen-bond acceptors (Lipinski definition) is 2. The number of halogens is 3. The molecule has 1 N–H and O–H groups in total. The van der Waals surface area contributed by atoms with E-state index < -0.39 is 12.7 Å². The van der Waals surface area contributed by atoms with E-state index >= 15 is 0 Å². The van der Waals surface area contributed by atoms with Gasteiger partial charge in [-0.2, -0.15) is 13.2 Å². The van der Waals surface area contributed by atoms with Crippen LogP contribution in [-0.4, -0.2) is 42.8 Å². The fourth-order valence-electron chi connectivity index (χ4n) is 3.51. The topological polar surface area (TPSA) is 15.3 Å². The smallest absolute Gasteiger partial charge is 0.312 e. The predicted molar refractivity (Wildman–Crippen MR) is 79.3 cm³/mol. The molecule has 0 bridgehead atoms. The quantitative estimate of drug-likeness (QED) is 0.730. The molecule has 2 fully saturated rings. The van der Waals surface area contributed by atoms with Crippen molar-refractivity contribution in [2.75, 3.05) is 19.6 Å². The highest BCUT2D eigenvalue weighted by Crippen LogP contribution is 2.32. The Morgan fingerprint density at radius 2 is 1.76 bits per heavy atom. The van der Waals surface area contributed by atoms with Crippen molar-refractivity contribution in [2.45, 2.75) is 76.6 Å². The number of nitrogens with one attached hydrogen (secondary N) is 1. The lowest BCUT2D eigenvalue weighted by molar-refractivity contribution is -0.148. The summed E-state index contributed by atoms with van der Waals surface area (Å²) in [5.41, 5.74) is 0. The van der Waals surface area contributed by atoms with Gasteiger partial charge < -0.3 is 5.32 Å². The van der Waals surface area contributed by atoms with E-state index in [4.69, 9.17) is 0 Å². The minimum absolute atomic E-state index is 0.168. The maximum atomic E-state index is 12.8. The van der Waals surface area contributed by atoms with Gasteiger partial charge in [0.2, 0.25) is 0 Å². The van der Waals surface area contributed by atoms with Crippen molar-refractivity contribution in [3.05, 3.63) is 0 Å². The SMILES string of the molecule is CCCNC(CN(CC(F)(F)F)C1CC1)C1CCCCC1. The van der Waals surface area contributed by atoms with Gasteiger partial charge in [-0.15, -0.1) is 0 Å². The first kappa shape index (κ1) is 17.1. The van der Waals surface area contributed by atoms with Crippen molar-refractivity contribution in [2.24, 2.45) is 5.92 Å². The number of alkyl halides is 3. The van der Waals surface area contributed by atoms with Crippen LogP contribution in [0, 0.1) is 5.92 Å². The van der Waals surface area contributed by atoms with Crippen LogP contribution in [0.2, 0.25) is 0 Å². The summed E-state index contributed by atoms with van der Waals surface area (Å²) in [6.07, 6.45) is 4.91. The Balaban J connectivity index is 1.93. The summed E-state index contributed by atoms with van der Waals surface area (Å²) < 4.78 is 38.3. The Morgan fingerprint density at radius 1 is 1.10 bits per heavy atom.